The average molecular weight is 400 g/mol. The summed E-state index contributed by atoms with van der Waals surface area (Å²) in [6, 6.07) is 23.0. The molecular weight excluding hydrogens is 380 g/mol. The van der Waals surface area contributed by atoms with Crippen molar-refractivity contribution in [3.8, 4) is 22.6 Å². The van der Waals surface area contributed by atoms with Crippen LogP contribution in [0.15, 0.2) is 83.4 Å². The fourth-order valence-electron chi connectivity index (χ4n) is 3.17. The number of aromatic carboxylic acids is 1. The molecule has 0 saturated heterocycles. The van der Waals surface area contributed by atoms with Crippen LogP contribution in [0.4, 0.5) is 0 Å². The highest BCUT2D eigenvalue weighted by Gasteiger charge is 2.17. The summed E-state index contributed by atoms with van der Waals surface area (Å²) in [6.07, 6.45) is 1.70. The molecule has 0 aliphatic carbocycles. The van der Waals surface area contributed by atoms with Crippen LogP contribution in [0.25, 0.3) is 22.6 Å². The molecule has 0 unspecified atom stereocenters. The molecule has 4 aromatic rings. The molecule has 30 heavy (non-hydrogen) atoms. The molecule has 2 heterocycles. The first kappa shape index (κ1) is 19.5. The minimum absolute atomic E-state index is 0.0788. The van der Waals surface area contributed by atoms with Gasteiger partial charge in [-0.2, -0.15) is 0 Å². The highest BCUT2D eigenvalue weighted by atomic mass is 16.4. The number of rotatable bonds is 7. The number of hydrogen-bond donors (Lipinski definition) is 2. The average Bonchev–Trinajstić information content (AvgIpc) is 3.29. The van der Waals surface area contributed by atoms with Crippen LogP contribution in [-0.2, 0) is 6.42 Å². The Kier molecular flexibility index (Phi) is 5.68. The molecule has 2 aromatic carbocycles. The Morgan fingerprint density at radius 1 is 0.933 bits per heavy atom. The summed E-state index contributed by atoms with van der Waals surface area (Å²) in [5.74, 6) is -0.609. The first-order valence-corrected chi connectivity index (χ1v) is 9.59. The van der Waals surface area contributed by atoms with Crippen molar-refractivity contribution in [1.82, 2.24) is 9.97 Å². The van der Waals surface area contributed by atoms with E-state index in [0.29, 0.717) is 24.3 Å². The van der Waals surface area contributed by atoms with Crippen molar-refractivity contribution < 1.29 is 19.4 Å². The molecule has 2 N–H and O–H groups in total. The quantitative estimate of drug-likeness (QED) is 0.464. The highest BCUT2D eigenvalue weighted by molar-refractivity contribution is 5.85. The number of aliphatic hydroxyl groups excluding tert-OH is 1. The lowest BCUT2D eigenvalue weighted by molar-refractivity contribution is 0.0690. The second-order valence-electron chi connectivity index (χ2n) is 6.89. The van der Waals surface area contributed by atoms with Gasteiger partial charge >= 0.3 is 5.97 Å². The van der Waals surface area contributed by atoms with Gasteiger partial charge in [-0.25, -0.2) is 14.8 Å². The van der Waals surface area contributed by atoms with Gasteiger partial charge in [-0.15, -0.1) is 0 Å². The number of pyridine rings is 1. The molecule has 0 spiro atoms. The Balaban J connectivity index is 1.40. The number of carboxylic acid groups (broad SMARTS) is 1. The van der Waals surface area contributed by atoms with Crippen molar-refractivity contribution in [2.24, 2.45) is 0 Å². The first-order valence-electron chi connectivity index (χ1n) is 9.59. The first-order chi connectivity index (χ1) is 14.6. The fraction of sp³-hybridized carbons (Fsp3) is 0.125. The Morgan fingerprint density at radius 2 is 1.67 bits per heavy atom. The zero-order valence-corrected chi connectivity index (χ0v) is 16.1. The molecule has 0 fully saturated rings. The third-order valence-corrected chi connectivity index (χ3v) is 4.80. The van der Waals surface area contributed by atoms with Gasteiger partial charge in [0.25, 0.3) is 0 Å². The lowest BCUT2D eigenvalue weighted by Gasteiger charge is -2.08. The third-order valence-electron chi connectivity index (χ3n) is 4.80. The number of oxazole rings is 1. The number of benzene rings is 2. The van der Waals surface area contributed by atoms with Crippen LogP contribution >= 0.6 is 0 Å². The van der Waals surface area contributed by atoms with Crippen LogP contribution in [0.2, 0.25) is 0 Å². The summed E-state index contributed by atoms with van der Waals surface area (Å²) in [5, 5.41) is 19.5. The van der Waals surface area contributed by atoms with E-state index in [1.807, 2.05) is 18.2 Å². The summed E-state index contributed by atoms with van der Waals surface area (Å²) in [5.41, 5.74) is 3.70. The summed E-state index contributed by atoms with van der Waals surface area (Å²) in [7, 11) is 0. The molecule has 0 bridgehead atoms. The predicted octanol–water partition coefficient (Wildman–Crippen LogP) is 4.77. The number of carboxylic acids is 1. The highest BCUT2D eigenvalue weighted by Crippen LogP contribution is 2.25. The van der Waals surface area contributed by atoms with E-state index in [4.69, 9.17) is 9.52 Å². The van der Waals surface area contributed by atoms with Crippen molar-refractivity contribution in [3.05, 3.63) is 96.1 Å². The largest absolute Gasteiger partial charge is 0.477 e. The van der Waals surface area contributed by atoms with E-state index in [9.17, 15) is 9.90 Å². The molecular formula is C24H20N2O4. The third kappa shape index (κ3) is 4.45. The topological polar surface area (TPSA) is 96.5 Å². The normalized spacial score (nSPS) is 11.9. The number of aryl methyl sites for hydroxylation is 1. The van der Waals surface area contributed by atoms with Gasteiger partial charge in [-0.3, -0.25) is 0 Å². The van der Waals surface area contributed by atoms with E-state index in [0.717, 1.165) is 16.7 Å². The van der Waals surface area contributed by atoms with Gasteiger partial charge in [0.05, 0.1) is 6.20 Å². The van der Waals surface area contributed by atoms with Gasteiger partial charge in [0, 0.05) is 0 Å². The van der Waals surface area contributed by atoms with Gasteiger partial charge < -0.3 is 14.6 Å². The van der Waals surface area contributed by atoms with E-state index in [1.54, 1.807) is 12.1 Å². The van der Waals surface area contributed by atoms with E-state index >= 15 is 0 Å². The number of aromatic nitrogens is 2. The molecule has 0 saturated carbocycles. The fourth-order valence-corrected chi connectivity index (χ4v) is 3.17. The summed E-state index contributed by atoms with van der Waals surface area (Å²) >= 11 is 0. The minimum Gasteiger partial charge on any atom is -0.477 e. The van der Waals surface area contributed by atoms with Crippen molar-refractivity contribution in [3.63, 3.8) is 0 Å². The van der Waals surface area contributed by atoms with Crippen molar-refractivity contribution in [2.75, 3.05) is 0 Å². The molecule has 1 atom stereocenters. The van der Waals surface area contributed by atoms with E-state index < -0.39 is 12.1 Å². The predicted molar refractivity (Wildman–Crippen MR) is 112 cm³/mol. The molecule has 6 nitrogen and oxygen atoms in total. The summed E-state index contributed by atoms with van der Waals surface area (Å²) in [6.45, 7) is 0. The molecule has 6 heteroatoms. The molecule has 0 aliphatic rings. The number of carbonyl (C=O) groups is 1. The van der Waals surface area contributed by atoms with Gasteiger partial charge in [-0.1, -0.05) is 60.7 Å². The standard InChI is InChI=1S/C24H20N2O4/c27-21(14-11-16-9-12-18(13-10-16)17-5-2-1-3-6-17)23-25-15-22(30-23)19-7-4-8-20(26-19)24(28)29/h1-10,12-13,15,21,27H,11,14H2,(H,28,29)/t21-/m0/s1. The minimum atomic E-state index is -1.12. The Morgan fingerprint density at radius 3 is 2.40 bits per heavy atom. The van der Waals surface area contributed by atoms with Gasteiger partial charge in [0.15, 0.2) is 5.76 Å². The molecule has 0 radical (unpaired) electrons. The maximum atomic E-state index is 11.1. The van der Waals surface area contributed by atoms with Crippen LogP contribution in [0, 0.1) is 0 Å². The smallest absolute Gasteiger partial charge is 0.354 e. The van der Waals surface area contributed by atoms with Crippen LogP contribution in [0.5, 0.6) is 0 Å². The maximum Gasteiger partial charge on any atom is 0.354 e. The zero-order valence-electron chi connectivity index (χ0n) is 16.1. The maximum absolute atomic E-state index is 11.1. The second-order valence-corrected chi connectivity index (χ2v) is 6.89. The van der Waals surface area contributed by atoms with Gasteiger partial charge in [-0.05, 0) is 41.7 Å². The number of aliphatic hydroxyl groups is 1. The van der Waals surface area contributed by atoms with Gasteiger partial charge in [0.2, 0.25) is 5.89 Å². The lowest BCUT2D eigenvalue weighted by Crippen LogP contribution is -2.00. The number of hydrogen-bond acceptors (Lipinski definition) is 5. The van der Waals surface area contributed by atoms with E-state index in [2.05, 4.69) is 46.4 Å². The molecule has 2 aromatic heterocycles. The summed E-state index contributed by atoms with van der Waals surface area (Å²) < 4.78 is 5.62. The molecule has 0 amide bonds. The van der Waals surface area contributed by atoms with Crippen LogP contribution in [-0.4, -0.2) is 26.2 Å². The van der Waals surface area contributed by atoms with Crippen molar-refractivity contribution in [1.29, 1.82) is 0 Å². The van der Waals surface area contributed by atoms with Crippen LogP contribution in [0.3, 0.4) is 0 Å². The van der Waals surface area contributed by atoms with E-state index in [1.165, 1.54) is 12.3 Å². The van der Waals surface area contributed by atoms with Gasteiger partial charge in [0.1, 0.15) is 17.5 Å². The van der Waals surface area contributed by atoms with Crippen molar-refractivity contribution >= 4 is 5.97 Å². The van der Waals surface area contributed by atoms with Crippen molar-refractivity contribution in [2.45, 2.75) is 18.9 Å². The second kappa shape index (κ2) is 8.71. The Labute approximate surface area is 173 Å². The SMILES string of the molecule is O=C(O)c1cccc(-c2cnc([C@@H](O)CCc3ccc(-c4ccccc4)cc3)o2)n1. The lowest BCUT2D eigenvalue weighted by atomic mass is 10.0. The Bertz CT molecular complexity index is 1140. The van der Waals surface area contributed by atoms with Crippen LogP contribution in [0.1, 0.15) is 34.5 Å². The summed E-state index contributed by atoms with van der Waals surface area (Å²) in [4.78, 5) is 19.2. The molecule has 4 rings (SSSR count). The van der Waals surface area contributed by atoms with Crippen LogP contribution < -0.4 is 0 Å². The zero-order chi connectivity index (χ0) is 20.9. The number of nitrogens with zero attached hydrogens (tertiary/aromatic N) is 2. The Hall–Kier alpha value is -3.77. The molecule has 0 aliphatic heterocycles. The van der Waals surface area contributed by atoms with E-state index in [-0.39, 0.29) is 11.6 Å². The molecule has 150 valence electrons. The monoisotopic (exact) mass is 400 g/mol.